The van der Waals surface area contributed by atoms with Crippen molar-refractivity contribution in [3.8, 4) is 0 Å². The molecular weight excluding hydrogens is 275 g/mol. The van der Waals surface area contributed by atoms with E-state index in [2.05, 4.69) is 16.9 Å². The molecule has 0 radical (unpaired) electrons. The molecule has 1 aromatic heterocycles. The lowest BCUT2D eigenvalue weighted by molar-refractivity contribution is -0.140. The first-order valence-electron chi connectivity index (χ1n) is 6.43. The summed E-state index contributed by atoms with van der Waals surface area (Å²) in [5, 5.41) is 12.3. The lowest BCUT2D eigenvalue weighted by Gasteiger charge is -2.13. The molecule has 0 spiro atoms. The third kappa shape index (κ3) is 2.08. The largest absolute Gasteiger partial charge is 0.479 e. The van der Waals surface area contributed by atoms with E-state index in [1.165, 1.54) is 30.3 Å². The Hall–Kier alpha value is -2.63. The number of aromatic nitrogens is 1. The maximum absolute atomic E-state index is 13.1. The van der Waals surface area contributed by atoms with Gasteiger partial charge in [0.15, 0.2) is 0 Å². The molecule has 0 aliphatic heterocycles. The zero-order chi connectivity index (χ0) is 15.2. The van der Waals surface area contributed by atoms with Gasteiger partial charge in [0.1, 0.15) is 17.1 Å². The van der Waals surface area contributed by atoms with Gasteiger partial charge in [-0.1, -0.05) is 6.08 Å². The summed E-state index contributed by atoms with van der Waals surface area (Å²) in [6.45, 7) is 3.56. The molecule has 3 rings (SSSR count). The second-order valence-corrected chi connectivity index (χ2v) is 5.19. The van der Waals surface area contributed by atoms with E-state index >= 15 is 0 Å². The minimum atomic E-state index is -1.28. The van der Waals surface area contributed by atoms with Crippen LogP contribution in [0.25, 0.3) is 10.9 Å². The predicted molar refractivity (Wildman–Crippen MR) is 74.4 cm³/mol. The van der Waals surface area contributed by atoms with Crippen LogP contribution >= 0.6 is 0 Å². The van der Waals surface area contributed by atoms with Gasteiger partial charge in [-0.3, -0.25) is 4.79 Å². The SMILES string of the molecule is C=C[C@@H]1C[C@]1(NC(=O)c1cc2cc(F)ccc2[nH]1)C(=O)O. The number of rotatable bonds is 4. The van der Waals surface area contributed by atoms with Crippen LogP contribution in [0.4, 0.5) is 4.39 Å². The van der Waals surface area contributed by atoms with E-state index in [0.717, 1.165) is 0 Å². The molecule has 6 heteroatoms. The van der Waals surface area contributed by atoms with Crippen molar-refractivity contribution in [1.29, 1.82) is 0 Å². The second-order valence-electron chi connectivity index (χ2n) is 5.19. The van der Waals surface area contributed by atoms with Crippen molar-refractivity contribution in [2.75, 3.05) is 0 Å². The van der Waals surface area contributed by atoms with Crippen LogP contribution in [0.5, 0.6) is 0 Å². The Morgan fingerprint density at radius 2 is 2.24 bits per heavy atom. The monoisotopic (exact) mass is 288 g/mol. The number of nitrogens with one attached hydrogen (secondary N) is 2. The Balaban J connectivity index is 1.87. The maximum atomic E-state index is 13.1. The van der Waals surface area contributed by atoms with Crippen LogP contribution < -0.4 is 5.32 Å². The number of carbonyl (C=O) groups is 2. The second kappa shape index (κ2) is 4.44. The summed E-state index contributed by atoms with van der Waals surface area (Å²) in [5.74, 6) is -2.29. The van der Waals surface area contributed by atoms with Gasteiger partial charge in [0.2, 0.25) is 0 Å². The molecule has 1 aromatic carbocycles. The molecule has 1 aliphatic rings. The van der Waals surface area contributed by atoms with Gasteiger partial charge >= 0.3 is 5.97 Å². The maximum Gasteiger partial charge on any atom is 0.330 e. The van der Waals surface area contributed by atoms with Gasteiger partial charge < -0.3 is 15.4 Å². The van der Waals surface area contributed by atoms with Crippen LogP contribution in [0, 0.1) is 11.7 Å². The summed E-state index contributed by atoms with van der Waals surface area (Å²) >= 11 is 0. The topological polar surface area (TPSA) is 82.2 Å². The summed E-state index contributed by atoms with van der Waals surface area (Å²) in [7, 11) is 0. The Kier molecular flexibility index (Phi) is 2.83. The molecule has 0 bridgehead atoms. The molecule has 3 N–H and O–H groups in total. The van der Waals surface area contributed by atoms with Crippen molar-refractivity contribution >= 4 is 22.8 Å². The molecule has 1 amide bonds. The van der Waals surface area contributed by atoms with E-state index in [4.69, 9.17) is 0 Å². The predicted octanol–water partition coefficient (Wildman–Crippen LogP) is 2.07. The number of hydrogen-bond donors (Lipinski definition) is 3. The number of halogens is 1. The summed E-state index contributed by atoms with van der Waals surface area (Å²) in [5.41, 5.74) is -0.464. The van der Waals surface area contributed by atoms with Crippen LogP contribution in [-0.4, -0.2) is 27.5 Å². The third-order valence-electron chi connectivity index (χ3n) is 3.84. The fourth-order valence-corrected chi connectivity index (χ4v) is 2.51. The van der Waals surface area contributed by atoms with Crippen LogP contribution in [0.3, 0.4) is 0 Å². The van der Waals surface area contributed by atoms with Gasteiger partial charge in [0.25, 0.3) is 5.91 Å². The number of carboxylic acid groups (broad SMARTS) is 1. The number of benzene rings is 1. The van der Waals surface area contributed by atoms with Gasteiger partial charge in [0.05, 0.1) is 0 Å². The molecular formula is C15H13FN2O3. The van der Waals surface area contributed by atoms with E-state index in [1.54, 1.807) is 0 Å². The number of carbonyl (C=O) groups excluding carboxylic acids is 1. The molecule has 1 heterocycles. The minimum absolute atomic E-state index is 0.200. The van der Waals surface area contributed by atoms with Gasteiger partial charge in [-0.05, 0) is 30.7 Å². The highest BCUT2D eigenvalue weighted by atomic mass is 19.1. The standard InChI is InChI=1S/C15H13FN2O3/c1-2-9-7-15(9,14(20)21)18-13(19)12-6-8-5-10(16)3-4-11(8)17-12/h2-6,9,17H,1,7H2,(H,18,19)(H,20,21)/t9-,15-/m1/s1. The first kappa shape index (κ1) is 13.4. The van der Waals surface area contributed by atoms with Gasteiger partial charge in [0, 0.05) is 16.8 Å². The molecule has 2 atom stereocenters. The summed E-state index contributed by atoms with van der Waals surface area (Å²) in [4.78, 5) is 26.3. The lowest BCUT2D eigenvalue weighted by atomic mass is 10.2. The van der Waals surface area contributed by atoms with Gasteiger partial charge in [-0.15, -0.1) is 6.58 Å². The third-order valence-corrected chi connectivity index (χ3v) is 3.84. The normalized spacial score (nSPS) is 23.8. The Bertz CT molecular complexity index is 767. The van der Waals surface area contributed by atoms with Gasteiger partial charge in [-0.25, -0.2) is 9.18 Å². The highest BCUT2D eigenvalue weighted by Gasteiger charge is 2.60. The number of carboxylic acids is 1. The zero-order valence-electron chi connectivity index (χ0n) is 11.0. The smallest absolute Gasteiger partial charge is 0.330 e. The van der Waals surface area contributed by atoms with Gasteiger partial charge in [-0.2, -0.15) is 0 Å². The lowest BCUT2D eigenvalue weighted by Crippen LogP contribution is -2.44. The number of amides is 1. The van der Waals surface area contributed by atoms with Crippen molar-refractivity contribution in [2.45, 2.75) is 12.0 Å². The van der Waals surface area contributed by atoms with Crippen molar-refractivity contribution in [1.82, 2.24) is 10.3 Å². The molecule has 0 saturated heterocycles. The van der Waals surface area contributed by atoms with E-state index in [0.29, 0.717) is 17.3 Å². The molecule has 2 aromatic rings. The van der Waals surface area contributed by atoms with E-state index in [-0.39, 0.29) is 11.6 Å². The molecule has 1 fully saturated rings. The first-order chi connectivity index (χ1) is 9.96. The number of H-pyrrole nitrogens is 1. The first-order valence-corrected chi connectivity index (χ1v) is 6.43. The molecule has 1 saturated carbocycles. The van der Waals surface area contributed by atoms with Crippen molar-refractivity contribution in [3.05, 3.63) is 48.4 Å². The average Bonchev–Trinajstić information content (AvgIpc) is 2.99. The van der Waals surface area contributed by atoms with E-state index < -0.39 is 23.2 Å². The molecule has 108 valence electrons. The number of aliphatic carboxylic acids is 1. The van der Waals surface area contributed by atoms with Crippen molar-refractivity contribution in [2.24, 2.45) is 5.92 Å². The van der Waals surface area contributed by atoms with Crippen LogP contribution in [0.1, 0.15) is 16.9 Å². The highest BCUT2D eigenvalue weighted by molar-refractivity contribution is 6.01. The number of hydrogen-bond acceptors (Lipinski definition) is 2. The van der Waals surface area contributed by atoms with E-state index in [9.17, 15) is 19.1 Å². The van der Waals surface area contributed by atoms with Crippen molar-refractivity contribution < 1.29 is 19.1 Å². The van der Waals surface area contributed by atoms with Crippen LogP contribution in [0.2, 0.25) is 0 Å². The fourth-order valence-electron chi connectivity index (χ4n) is 2.51. The minimum Gasteiger partial charge on any atom is -0.479 e. The van der Waals surface area contributed by atoms with Crippen molar-refractivity contribution in [3.63, 3.8) is 0 Å². The highest BCUT2D eigenvalue weighted by Crippen LogP contribution is 2.44. The Morgan fingerprint density at radius 1 is 1.48 bits per heavy atom. The Morgan fingerprint density at radius 3 is 2.86 bits per heavy atom. The molecule has 5 nitrogen and oxygen atoms in total. The van der Waals surface area contributed by atoms with E-state index in [1.807, 2.05) is 0 Å². The number of aromatic amines is 1. The summed E-state index contributed by atoms with van der Waals surface area (Å²) < 4.78 is 13.1. The zero-order valence-corrected chi connectivity index (χ0v) is 11.0. The quantitative estimate of drug-likeness (QED) is 0.753. The summed E-state index contributed by atoms with van der Waals surface area (Å²) in [6.07, 6.45) is 1.85. The average molecular weight is 288 g/mol. The molecule has 0 unspecified atom stereocenters. The fraction of sp³-hybridized carbons (Fsp3) is 0.200. The summed E-state index contributed by atoms with van der Waals surface area (Å²) in [6, 6.07) is 5.61. The Labute approximate surface area is 119 Å². The van der Waals surface area contributed by atoms with Crippen LogP contribution in [0.15, 0.2) is 36.9 Å². The molecule has 21 heavy (non-hydrogen) atoms. The van der Waals surface area contributed by atoms with Crippen LogP contribution in [-0.2, 0) is 4.79 Å². The molecule has 1 aliphatic carbocycles. The number of fused-ring (bicyclic) bond motifs is 1.